The molecule has 0 saturated carbocycles. The normalized spacial score (nSPS) is 9.05. The first kappa shape index (κ1) is 17.3. The summed E-state index contributed by atoms with van der Waals surface area (Å²) in [5, 5.41) is 3.13. The number of hydrogen-bond acceptors (Lipinski definition) is 6. The van der Waals surface area contributed by atoms with Crippen molar-refractivity contribution in [1.82, 2.24) is 10.4 Å². The number of amides is 1. The highest BCUT2D eigenvalue weighted by Gasteiger charge is 2.09. The molecule has 0 radical (unpaired) electrons. The van der Waals surface area contributed by atoms with Crippen molar-refractivity contribution in [2.24, 2.45) is 5.84 Å². The maximum atomic E-state index is 8.94. The lowest BCUT2D eigenvalue weighted by atomic mass is 10.1. The van der Waals surface area contributed by atoms with Gasteiger partial charge in [-0.25, -0.2) is 10.8 Å². The molecule has 0 fully saturated rings. The predicted octanol–water partition coefficient (Wildman–Crippen LogP) is 1.32. The highest BCUT2D eigenvalue weighted by Crippen LogP contribution is 2.27. The highest BCUT2D eigenvalue weighted by atomic mass is 16.5. The molecule has 0 aliphatic heterocycles. The fourth-order valence-corrected chi connectivity index (χ4v) is 1.72. The Bertz CT molecular complexity index is 542. The molecule has 0 saturated heterocycles. The number of nitrogens with zero attached hydrogens (tertiary/aromatic N) is 1. The van der Waals surface area contributed by atoms with Gasteiger partial charge in [0.2, 0.25) is 12.3 Å². The van der Waals surface area contributed by atoms with Crippen LogP contribution in [0.5, 0.6) is 11.6 Å². The molecule has 2 aromatic rings. The fraction of sp³-hybridized carbons (Fsp3) is 0.200. The van der Waals surface area contributed by atoms with Crippen LogP contribution in [0.1, 0.15) is 5.56 Å². The number of carbonyl (C=O) groups excluding carboxylic acids is 1. The molecule has 1 heterocycles. The van der Waals surface area contributed by atoms with Gasteiger partial charge in [-0.05, 0) is 18.2 Å². The maximum absolute atomic E-state index is 8.94. The molecule has 0 bridgehead atoms. The van der Waals surface area contributed by atoms with E-state index in [1.807, 2.05) is 43.4 Å². The largest absolute Gasteiger partial charge is 0.496 e. The smallest absolute Gasteiger partial charge is 0.221 e. The summed E-state index contributed by atoms with van der Waals surface area (Å²) in [6, 6.07) is 11.4. The van der Waals surface area contributed by atoms with E-state index in [9.17, 15) is 0 Å². The monoisotopic (exact) mass is 304 g/mol. The van der Waals surface area contributed by atoms with Crippen LogP contribution in [-0.4, -0.2) is 25.6 Å². The molecule has 0 aliphatic rings. The van der Waals surface area contributed by atoms with E-state index in [1.54, 1.807) is 18.7 Å². The van der Waals surface area contributed by atoms with Crippen LogP contribution in [0.15, 0.2) is 42.6 Å². The molecule has 0 aliphatic carbocycles. The Kier molecular flexibility index (Phi) is 7.84. The number of hydrogen-bond donors (Lipinski definition) is 3. The Labute approximate surface area is 129 Å². The minimum atomic E-state index is 0.403. The van der Waals surface area contributed by atoms with Crippen LogP contribution in [0.4, 0.5) is 5.69 Å². The molecule has 7 heteroatoms. The Morgan fingerprint density at radius 3 is 2.59 bits per heavy atom. The molecule has 118 valence electrons. The third-order valence-electron chi connectivity index (χ3n) is 2.69. The van der Waals surface area contributed by atoms with Crippen LogP contribution in [0.3, 0.4) is 0 Å². The average molecular weight is 304 g/mol. The van der Waals surface area contributed by atoms with Crippen molar-refractivity contribution < 1.29 is 14.3 Å². The standard InChI is InChI=1S/C14H16N2O2.CH4N2O/c1-15-12-6-5-7-13(17-2)11(12)10-18-14-8-3-4-9-16-14;2-3-1-4/h3-9,15H,10H2,1-2H3;1H,2H2,(H,3,4). The van der Waals surface area contributed by atoms with Crippen LogP contribution < -0.4 is 26.1 Å². The van der Waals surface area contributed by atoms with Gasteiger partial charge in [-0.1, -0.05) is 12.1 Å². The van der Waals surface area contributed by atoms with Gasteiger partial charge in [-0.3, -0.25) is 10.2 Å². The quantitative estimate of drug-likeness (QED) is 0.322. The molecular weight excluding hydrogens is 284 g/mol. The molecular formula is C15H20N4O3. The minimum Gasteiger partial charge on any atom is -0.496 e. The number of nitrogens with two attached hydrogens (primary N) is 1. The Hall–Kier alpha value is -2.80. The van der Waals surface area contributed by atoms with Crippen LogP contribution in [0, 0.1) is 0 Å². The SMILES string of the molecule is CNc1cccc(OC)c1COc1ccccn1.NNC=O. The summed E-state index contributed by atoms with van der Waals surface area (Å²) in [6.07, 6.45) is 2.11. The number of rotatable bonds is 6. The number of pyridine rings is 1. The molecule has 7 nitrogen and oxygen atoms in total. The van der Waals surface area contributed by atoms with E-state index in [4.69, 9.17) is 14.3 Å². The summed E-state index contributed by atoms with van der Waals surface area (Å²) in [5.41, 5.74) is 3.72. The summed E-state index contributed by atoms with van der Waals surface area (Å²) in [5.74, 6) is 5.82. The first-order valence-electron chi connectivity index (χ1n) is 6.54. The molecule has 1 aromatic carbocycles. The zero-order chi connectivity index (χ0) is 16.2. The van der Waals surface area contributed by atoms with E-state index in [0.717, 1.165) is 17.0 Å². The Morgan fingerprint density at radius 1 is 1.27 bits per heavy atom. The van der Waals surface area contributed by atoms with E-state index >= 15 is 0 Å². The van der Waals surface area contributed by atoms with Gasteiger partial charge in [0, 0.05) is 25.0 Å². The van der Waals surface area contributed by atoms with Crippen molar-refractivity contribution in [1.29, 1.82) is 0 Å². The maximum Gasteiger partial charge on any atom is 0.221 e. The van der Waals surface area contributed by atoms with Gasteiger partial charge < -0.3 is 14.8 Å². The number of methoxy groups -OCH3 is 1. The second-order valence-electron chi connectivity index (χ2n) is 3.98. The average Bonchev–Trinajstić information content (AvgIpc) is 2.60. The molecule has 0 unspecified atom stereocenters. The van der Waals surface area contributed by atoms with Crippen molar-refractivity contribution in [2.45, 2.75) is 6.61 Å². The highest BCUT2D eigenvalue weighted by molar-refractivity contribution is 5.57. The zero-order valence-corrected chi connectivity index (χ0v) is 12.6. The third-order valence-corrected chi connectivity index (χ3v) is 2.69. The van der Waals surface area contributed by atoms with Crippen molar-refractivity contribution in [3.8, 4) is 11.6 Å². The third kappa shape index (κ3) is 5.29. The number of nitrogens with one attached hydrogen (secondary N) is 2. The van der Waals surface area contributed by atoms with E-state index < -0.39 is 0 Å². The van der Waals surface area contributed by atoms with E-state index in [0.29, 0.717) is 18.9 Å². The van der Waals surface area contributed by atoms with Crippen molar-refractivity contribution in [3.05, 3.63) is 48.2 Å². The number of aromatic nitrogens is 1. The molecule has 22 heavy (non-hydrogen) atoms. The van der Waals surface area contributed by atoms with Gasteiger partial charge in [-0.2, -0.15) is 0 Å². The summed E-state index contributed by atoms with van der Waals surface area (Å²) in [4.78, 5) is 13.1. The van der Waals surface area contributed by atoms with Gasteiger partial charge in [-0.15, -0.1) is 0 Å². The summed E-state index contributed by atoms with van der Waals surface area (Å²) in [7, 11) is 3.53. The second-order valence-corrected chi connectivity index (χ2v) is 3.98. The molecule has 4 N–H and O–H groups in total. The van der Waals surface area contributed by atoms with Crippen LogP contribution in [0.2, 0.25) is 0 Å². The van der Waals surface area contributed by atoms with Gasteiger partial charge in [0.25, 0.3) is 0 Å². The number of carbonyl (C=O) groups is 1. The lowest BCUT2D eigenvalue weighted by Crippen LogP contribution is -2.18. The molecule has 0 spiro atoms. The van der Waals surface area contributed by atoms with E-state index in [2.05, 4.69) is 16.1 Å². The van der Waals surface area contributed by atoms with Crippen LogP contribution in [0.25, 0.3) is 0 Å². The Balaban J connectivity index is 0.000000541. The predicted molar refractivity (Wildman–Crippen MR) is 84.5 cm³/mol. The van der Waals surface area contributed by atoms with E-state index in [-0.39, 0.29) is 0 Å². The Morgan fingerprint density at radius 2 is 2.05 bits per heavy atom. The van der Waals surface area contributed by atoms with Gasteiger partial charge in [0.1, 0.15) is 12.4 Å². The van der Waals surface area contributed by atoms with Gasteiger partial charge in [0.05, 0.1) is 12.7 Å². The van der Waals surface area contributed by atoms with Crippen molar-refractivity contribution in [3.63, 3.8) is 0 Å². The fourth-order valence-electron chi connectivity index (χ4n) is 1.72. The van der Waals surface area contributed by atoms with Crippen molar-refractivity contribution in [2.75, 3.05) is 19.5 Å². The molecule has 0 atom stereocenters. The van der Waals surface area contributed by atoms with Crippen LogP contribution >= 0.6 is 0 Å². The first-order chi connectivity index (χ1) is 10.8. The van der Waals surface area contributed by atoms with Crippen LogP contribution in [-0.2, 0) is 11.4 Å². The molecule has 2 rings (SSSR count). The summed E-state index contributed by atoms with van der Waals surface area (Å²) >= 11 is 0. The summed E-state index contributed by atoms with van der Waals surface area (Å²) in [6.45, 7) is 0.414. The number of ether oxygens (including phenoxy) is 2. The van der Waals surface area contributed by atoms with Gasteiger partial charge >= 0.3 is 0 Å². The second kappa shape index (κ2) is 10.0. The lowest BCUT2D eigenvalue weighted by Gasteiger charge is -2.14. The topological polar surface area (TPSA) is 98.5 Å². The number of benzene rings is 1. The molecule has 1 aromatic heterocycles. The zero-order valence-electron chi connectivity index (χ0n) is 12.6. The number of hydrazine groups is 1. The summed E-state index contributed by atoms with van der Waals surface area (Å²) < 4.78 is 11.0. The minimum absolute atomic E-state index is 0.403. The van der Waals surface area contributed by atoms with Crippen molar-refractivity contribution >= 4 is 12.1 Å². The lowest BCUT2D eigenvalue weighted by molar-refractivity contribution is -0.109. The first-order valence-corrected chi connectivity index (χ1v) is 6.54. The molecule has 1 amide bonds. The number of anilines is 1. The van der Waals surface area contributed by atoms with Gasteiger partial charge in [0.15, 0.2) is 0 Å². The van der Waals surface area contributed by atoms with E-state index in [1.165, 1.54) is 0 Å².